The maximum absolute atomic E-state index is 12.5. The summed E-state index contributed by atoms with van der Waals surface area (Å²) in [6, 6.07) is 1.71. The number of pyridine rings is 1. The molecule has 0 atom stereocenters. The van der Waals surface area contributed by atoms with Crippen molar-refractivity contribution >= 4 is 10.0 Å². The molecule has 128 valence electrons. The molecule has 4 nitrogen and oxygen atoms in total. The van der Waals surface area contributed by atoms with Gasteiger partial charge >= 0.3 is 6.18 Å². The second-order valence-corrected chi connectivity index (χ2v) is 8.38. The largest absolute Gasteiger partial charge is 0.417 e. The van der Waals surface area contributed by atoms with Crippen molar-refractivity contribution in [1.29, 1.82) is 0 Å². The van der Waals surface area contributed by atoms with Crippen LogP contribution in [0, 0.1) is 5.41 Å². The molecular formula is C15H19F3N2O2S. The zero-order chi connectivity index (χ0) is 16.7. The number of nitrogens with zero attached hydrogens (tertiary/aromatic N) is 2. The van der Waals surface area contributed by atoms with Crippen LogP contribution < -0.4 is 0 Å². The molecule has 1 aromatic heterocycles. The van der Waals surface area contributed by atoms with Gasteiger partial charge in [-0.3, -0.25) is 0 Å². The van der Waals surface area contributed by atoms with E-state index in [1.165, 1.54) is 17.1 Å². The summed E-state index contributed by atoms with van der Waals surface area (Å²) in [5.74, 6) is 0. The summed E-state index contributed by atoms with van der Waals surface area (Å²) in [6.07, 6.45) is 2.42. The Balaban J connectivity index is 1.74. The van der Waals surface area contributed by atoms with E-state index in [0.717, 1.165) is 37.8 Å². The van der Waals surface area contributed by atoms with Crippen LogP contribution in [-0.2, 0) is 16.2 Å². The Kier molecular flexibility index (Phi) is 4.16. The summed E-state index contributed by atoms with van der Waals surface area (Å²) >= 11 is 0. The van der Waals surface area contributed by atoms with Gasteiger partial charge in [0.05, 0.1) is 5.56 Å². The van der Waals surface area contributed by atoms with E-state index >= 15 is 0 Å². The summed E-state index contributed by atoms with van der Waals surface area (Å²) in [4.78, 5) is 3.53. The van der Waals surface area contributed by atoms with Gasteiger partial charge in [0.1, 0.15) is 0 Å². The molecule has 1 saturated carbocycles. The van der Waals surface area contributed by atoms with Crippen LogP contribution >= 0.6 is 0 Å². The van der Waals surface area contributed by atoms with Crippen LogP contribution in [0.15, 0.2) is 23.4 Å². The van der Waals surface area contributed by atoms with Crippen molar-refractivity contribution in [3.8, 4) is 0 Å². The van der Waals surface area contributed by atoms with Crippen molar-refractivity contribution in [2.75, 3.05) is 13.1 Å². The zero-order valence-electron chi connectivity index (χ0n) is 12.6. The predicted molar refractivity (Wildman–Crippen MR) is 78.1 cm³/mol. The minimum Gasteiger partial charge on any atom is -0.243 e. The lowest BCUT2D eigenvalue weighted by Gasteiger charge is -2.38. The summed E-state index contributed by atoms with van der Waals surface area (Å²) in [6.45, 7) is 0.843. The first kappa shape index (κ1) is 16.7. The fraction of sp³-hybridized carbons (Fsp3) is 0.667. The van der Waals surface area contributed by atoms with E-state index in [-0.39, 0.29) is 10.4 Å². The molecular weight excluding hydrogens is 329 g/mol. The summed E-state index contributed by atoms with van der Waals surface area (Å²) in [5.41, 5.74) is -0.667. The van der Waals surface area contributed by atoms with Crippen LogP contribution in [0.25, 0.3) is 0 Å². The molecule has 0 unspecified atom stereocenters. The number of hydrogen-bond donors (Lipinski definition) is 0. The number of piperidine rings is 1. The maximum atomic E-state index is 12.5. The molecule has 0 N–H and O–H groups in total. The molecule has 0 amide bonds. The van der Waals surface area contributed by atoms with Gasteiger partial charge in [-0.1, -0.05) is 12.8 Å². The highest BCUT2D eigenvalue weighted by Crippen LogP contribution is 2.46. The van der Waals surface area contributed by atoms with Crippen LogP contribution in [0.5, 0.6) is 0 Å². The predicted octanol–water partition coefficient (Wildman–Crippen LogP) is 3.45. The van der Waals surface area contributed by atoms with Gasteiger partial charge in [0, 0.05) is 19.3 Å². The van der Waals surface area contributed by atoms with Gasteiger partial charge < -0.3 is 0 Å². The third-order valence-corrected chi connectivity index (χ3v) is 6.93. The molecule has 0 bridgehead atoms. The number of halogens is 3. The van der Waals surface area contributed by atoms with Crippen molar-refractivity contribution < 1.29 is 21.6 Å². The smallest absolute Gasteiger partial charge is 0.243 e. The minimum atomic E-state index is -4.52. The van der Waals surface area contributed by atoms with E-state index in [2.05, 4.69) is 4.98 Å². The normalized spacial score (nSPS) is 22.6. The average Bonchev–Trinajstić information content (AvgIpc) is 2.95. The molecule has 0 radical (unpaired) electrons. The molecule has 2 fully saturated rings. The van der Waals surface area contributed by atoms with Crippen molar-refractivity contribution in [1.82, 2.24) is 9.29 Å². The van der Waals surface area contributed by atoms with E-state index in [1.54, 1.807) is 0 Å². The van der Waals surface area contributed by atoms with Gasteiger partial charge in [-0.15, -0.1) is 0 Å². The van der Waals surface area contributed by atoms with E-state index in [9.17, 15) is 21.6 Å². The van der Waals surface area contributed by atoms with Crippen LogP contribution in [-0.4, -0.2) is 30.8 Å². The monoisotopic (exact) mass is 348 g/mol. The number of aromatic nitrogens is 1. The van der Waals surface area contributed by atoms with Gasteiger partial charge in [-0.05, 0) is 43.2 Å². The molecule has 3 rings (SSSR count). The second-order valence-electron chi connectivity index (χ2n) is 6.49. The molecule has 1 aromatic rings. The first-order chi connectivity index (χ1) is 10.7. The Morgan fingerprint density at radius 1 is 1.04 bits per heavy atom. The Labute approximate surface area is 133 Å². The quantitative estimate of drug-likeness (QED) is 0.823. The molecule has 1 spiro atoms. The molecule has 0 aromatic carbocycles. The first-order valence-corrected chi connectivity index (χ1v) is 9.20. The summed E-state index contributed by atoms with van der Waals surface area (Å²) < 4.78 is 64.0. The Bertz CT molecular complexity index is 655. The first-order valence-electron chi connectivity index (χ1n) is 7.76. The molecule has 23 heavy (non-hydrogen) atoms. The number of sulfonamides is 1. The Morgan fingerprint density at radius 2 is 1.65 bits per heavy atom. The van der Waals surface area contributed by atoms with Crippen LogP contribution in [0.2, 0.25) is 0 Å². The second kappa shape index (κ2) is 5.73. The topological polar surface area (TPSA) is 50.3 Å². The van der Waals surface area contributed by atoms with Crippen LogP contribution in [0.3, 0.4) is 0 Å². The maximum Gasteiger partial charge on any atom is 0.417 e. The average molecular weight is 348 g/mol. The Morgan fingerprint density at radius 3 is 2.13 bits per heavy atom. The van der Waals surface area contributed by atoms with Gasteiger partial charge in [0.15, 0.2) is 5.03 Å². The molecule has 2 aliphatic rings. The molecule has 1 aliphatic carbocycles. The lowest BCUT2D eigenvalue weighted by Crippen LogP contribution is -2.42. The number of rotatable bonds is 2. The molecule has 1 saturated heterocycles. The van der Waals surface area contributed by atoms with Crippen molar-refractivity contribution in [2.45, 2.75) is 49.7 Å². The van der Waals surface area contributed by atoms with E-state index < -0.39 is 21.8 Å². The lowest BCUT2D eigenvalue weighted by atomic mass is 9.78. The van der Waals surface area contributed by atoms with Gasteiger partial charge in [-0.25, -0.2) is 13.4 Å². The number of hydrogen-bond acceptors (Lipinski definition) is 3. The zero-order valence-corrected chi connectivity index (χ0v) is 13.5. The third kappa shape index (κ3) is 3.24. The third-order valence-electron chi connectivity index (χ3n) is 5.12. The van der Waals surface area contributed by atoms with E-state index in [4.69, 9.17) is 0 Å². The molecule has 8 heteroatoms. The fourth-order valence-electron chi connectivity index (χ4n) is 3.66. The number of alkyl halides is 3. The van der Waals surface area contributed by atoms with E-state index in [1.807, 2.05) is 0 Å². The van der Waals surface area contributed by atoms with Crippen molar-refractivity contribution in [3.63, 3.8) is 0 Å². The van der Waals surface area contributed by atoms with Gasteiger partial charge in [-0.2, -0.15) is 17.5 Å². The summed E-state index contributed by atoms with van der Waals surface area (Å²) in [5, 5.41) is -0.312. The SMILES string of the molecule is O=S(=O)(c1ccc(C(F)(F)F)cn1)N1CCC2(CCCC2)CC1. The van der Waals surface area contributed by atoms with Crippen LogP contribution in [0.1, 0.15) is 44.1 Å². The van der Waals surface area contributed by atoms with Crippen molar-refractivity contribution in [3.05, 3.63) is 23.9 Å². The molecule has 1 aliphatic heterocycles. The van der Waals surface area contributed by atoms with Gasteiger partial charge in [0.25, 0.3) is 10.0 Å². The van der Waals surface area contributed by atoms with Gasteiger partial charge in [0.2, 0.25) is 0 Å². The fourth-order valence-corrected chi connectivity index (χ4v) is 5.01. The highest BCUT2D eigenvalue weighted by Gasteiger charge is 2.40. The lowest BCUT2D eigenvalue weighted by molar-refractivity contribution is -0.137. The highest BCUT2D eigenvalue weighted by atomic mass is 32.2. The minimum absolute atomic E-state index is 0.277. The standard InChI is InChI=1S/C15H19F3N2O2S/c16-15(17,18)12-3-4-13(19-11-12)23(21,22)20-9-7-14(8-10-20)5-1-2-6-14/h3-4,11H,1-2,5-10H2. The van der Waals surface area contributed by atoms with Crippen LogP contribution in [0.4, 0.5) is 13.2 Å². The summed E-state index contributed by atoms with van der Waals surface area (Å²) in [7, 11) is -3.82. The Hall–Kier alpha value is -1.15. The molecule has 2 heterocycles. The van der Waals surface area contributed by atoms with E-state index in [0.29, 0.717) is 19.3 Å². The van der Waals surface area contributed by atoms with Crippen molar-refractivity contribution in [2.24, 2.45) is 5.41 Å². The highest BCUT2D eigenvalue weighted by molar-refractivity contribution is 7.89.